The molecule has 76 valence electrons. The molecule has 0 atom stereocenters. The van der Waals surface area contributed by atoms with Crippen LogP contribution in [0.4, 0.5) is 0 Å². The summed E-state index contributed by atoms with van der Waals surface area (Å²) in [5, 5.41) is 7.82. The van der Waals surface area contributed by atoms with Gasteiger partial charge in [-0.1, -0.05) is 6.92 Å². The summed E-state index contributed by atoms with van der Waals surface area (Å²) in [6, 6.07) is 0.535. The largest absolute Gasteiger partial charge is 0.381 e. The van der Waals surface area contributed by atoms with Crippen molar-refractivity contribution in [3.8, 4) is 0 Å². The zero-order valence-electron chi connectivity index (χ0n) is 8.68. The standard InChI is InChI=1S/C10H20N2O/c1-3-4-10(11)12(2)9-5-7-13-8-6-9/h9,11H,3-8H2,1-2H3. The van der Waals surface area contributed by atoms with Crippen LogP contribution >= 0.6 is 0 Å². The lowest BCUT2D eigenvalue weighted by molar-refractivity contribution is 0.0599. The highest BCUT2D eigenvalue weighted by atomic mass is 16.5. The van der Waals surface area contributed by atoms with Crippen LogP contribution in [0.3, 0.4) is 0 Å². The number of ether oxygens (including phenoxy) is 1. The Morgan fingerprint density at radius 1 is 1.46 bits per heavy atom. The highest BCUT2D eigenvalue weighted by molar-refractivity contribution is 5.79. The Labute approximate surface area is 80.6 Å². The van der Waals surface area contributed by atoms with Crippen molar-refractivity contribution in [1.82, 2.24) is 4.90 Å². The van der Waals surface area contributed by atoms with Crippen LogP contribution in [0.5, 0.6) is 0 Å². The zero-order valence-corrected chi connectivity index (χ0v) is 8.68. The molecular formula is C10H20N2O. The summed E-state index contributed by atoms with van der Waals surface area (Å²) in [6.45, 7) is 3.83. The van der Waals surface area contributed by atoms with E-state index in [1.165, 1.54) is 0 Å². The zero-order chi connectivity index (χ0) is 9.68. The average molecular weight is 184 g/mol. The topological polar surface area (TPSA) is 36.3 Å². The molecule has 1 heterocycles. The quantitative estimate of drug-likeness (QED) is 0.537. The second-order valence-corrected chi connectivity index (χ2v) is 3.65. The molecule has 0 spiro atoms. The first kappa shape index (κ1) is 10.5. The third kappa shape index (κ3) is 2.99. The van der Waals surface area contributed by atoms with Crippen LogP contribution in [0.15, 0.2) is 0 Å². The molecule has 1 aliphatic rings. The fourth-order valence-corrected chi connectivity index (χ4v) is 1.71. The highest BCUT2D eigenvalue weighted by Crippen LogP contribution is 2.13. The van der Waals surface area contributed by atoms with Crippen molar-refractivity contribution in [2.24, 2.45) is 0 Å². The van der Waals surface area contributed by atoms with E-state index in [0.717, 1.165) is 44.7 Å². The van der Waals surface area contributed by atoms with Gasteiger partial charge in [0.15, 0.2) is 0 Å². The lowest BCUT2D eigenvalue weighted by Crippen LogP contribution is -2.40. The fraction of sp³-hybridized carbons (Fsp3) is 0.900. The van der Waals surface area contributed by atoms with Crippen molar-refractivity contribution in [3.63, 3.8) is 0 Å². The molecular weight excluding hydrogens is 164 g/mol. The molecule has 0 aromatic heterocycles. The predicted octanol–water partition coefficient (Wildman–Crippen LogP) is 1.87. The van der Waals surface area contributed by atoms with E-state index >= 15 is 0 Å². The molecule has 0 aliphatic carbocycles. The average Bonchev–Trinajstić information content (AvgIpc) is 2.18. The Morgan fingerprint density at radius 3 is 2.62 bits per heavy atom. The van der Waals surface area contributed by atoms with Crippen molar-refractivity contribution in [2.45, 2.75) is 38.6 Å². The van der Waals surface area contributed by atoms with Gasteiger partial charge in [0.25, 0.3) is 0 Å². The van der Waals surface area contributed by atoms with E-state index in [9.17, 15) is 0 Å². The van der Waals surface area contributed by atoms with E-state index in [1.54, 1.807) is 0 Å². The molecule has 0 saturated carbocycles. The third-order valence-electron chi connectivity index (χ3n) is 2.65. The van der Waals surface area contributed by atoms with Crippen molar-refractivity contribution >= 4 is 5.84 Å². The Bertz CT molecular complexity index is 164. The summed E-state index contributed by atoms with van der Waals surface area (Å²) >= 11 is 0. The number of rotatable bonds is 3. The maximum absolute atomic E-state index is 7.82. The van der Waals surface area contributed by atoms with Crippen LogP contribution in [0.1, 0.15) is 32.6 Å². The lowest BCUT2D eigenvalue weighted by atomic mass is 10.1. The van der Waals surface area contributed by atoms with E-state index in [2.05, 4.69) is 11.8 Å². The first-order chi connectivity index (χ1) is 6.25. The van der Waals surface area contributed by atoms with Crippen molar-refractivity contribution in [1.29, 1.82) is 5.41 Å². The molecule has 3 heteroatoms. The Kier molecular flexibility index (Phi) is 4.22. The van der Waals surface area contributed by atoms with E-state index < -0.39 is 0 Å². The van der Waals surface area contributed by atoms with Crippen LogP contribution in [0.25, 0.3) is 0 Å². The van der Waals surface area contributed by atoms with Gasteiger partial charge in [-0.2, -0.15) is 0 Å². The van der Waals surface area contributed by atoms with Gasteiger partial charge >= 0.3 is 0 Å². The summed E-state index contributed by atoms with van der Waals surface area (Å²) in [5.74, 6) is 0.773. The Balaban J connectivity index is 2.35. The Hall–Kier alpha value is -0.570. The minimum Gasteiger partial charge on any atom is -0.381 e. The third-order valence-corrected chi connectivity index (χ3v) is 2.65. The second kappa shape index (κ2) is 5.22. The number of nitrogens with one attached hydrogen (secondary N) is 1. The van der Waals surface area contributed by atoms with Gasteiger partial charge < -0.3 is 9.64 Å². The maximum Gasteiger partial charge on any atom is 0.0957 e. The van der Waals surface area contributed by atoms with Gasteiger partial charge in [-0.05, 0) is 19.3 Å². The summed E-state index contributed by atoms with van der Waals surface area (Å²) in [4.78, 5) is 2.12. The molecule has 1 fully saturated rings. The molecule has 1 aliphatic heterocycles. The van der Waals surface area contributed by atoms with Crippen LogP contribution in [-0.2, 0) is 4.74 Å². The lowest BCUT2D eigenvalue weighted by Gasteiger charge is -2.32. The second-order valence-electron chi connectivity index (χ2n) is 3.65. The van der Waals surface area contributed by atoms with Gasteiger partial charge in [0.05, 0.1) is 5.84 Å². The summed E-state index contributed by atoms with van der Waals surface area (Å²) < 4.78 is 5.29. The van der Waals surface area contributed by atoms with Crippen molar-refractivity contribution < 1.29 is 4.74 Å². The van der Waals surface area contributed by atoms with Gasteiger partial charge in [0.1, 0.15) is 0 Å². The number of amidine groups is 1. The van der Waals surface area contributed by atoms with E-state index in [1.807, 2.05) is 7.05 Å². The van der Waals surface area contributed by atoms with Gasteiger partial charge in [-0.15, -0.1) is 0 Å². The molecule has 0 aromatic carbocycles. The minimum atomic E-state index is 0.535. The van der Waals surface area contributed by atoms with E-state index in [4.69, 9.17) is 10.1 Å². The minimum absolute atomic E-state index is 0.535. The van der Waals surface area contributed by atoms with Crippen LogP contribution in [0.2, 0.25) is 0 Å². The van der Waals surface area contributed by atoms with Gasteiger partial charge in [-0.3, -0.25) is 5.41 Å². The molecule has 0 radical (unpaired) electrons. The van der Waals surface area contributed by atoms with Crippen LogP contribution in [-0.4, -0.2) is 37.0 Å². The van der Waals surface area contributed by atoms with Gasteiger partial charge in [0, 0.05) is 32.7 Å². The number of hydrogen-bond acceptors (Lipinski definition) is 2. The molecule has 1 N–H and O–H groups in total. The number of nitrogens with zero attached hydrogens (tertiary/aromatic N) is 1. The fourth-order valence-electron chi connectivity index (χ4n) is 1.71. The Morgan fingerprint density at radius 2 is 2.08 bits per heavy atom. The smallest absolute Gasteiger partial charge is 0.0957 e. The van der Waals surface area contributed by atoms with Crippen molar-refractivity contribution in [2.75, 3.05) is 20.3 Å². The normalized spacial score (nSPS) is 18.6. The molecule has 0 bridgehead atoms. The molecule has 13 heavy (non-hydrogen) atoms. The first-order valence-electron chi connectivity index (χ1n) is 5.13. The molecule has 0 aromatic rings. The van der Waals surface area contributed by atoms with E-state index in [-0.39, 0.29) is 0 Å². The molecule has 1 saturated heterocycles. The molecule has 0 unspecified atom stereocenters. The predicted molar refractivity (Wildman–Crippen MR) is 54.2 cm³/mol. The summed E-state index contributed by atoms with van der Waals surface area (Å²) in [5.41, 5.74) is 0. The summed E-state index contributed by atoms with van der Waals surface area (Å²) in [7, 11) is 2.04. The van der Waals surface area contributed by atoms with Crippen molar-refractivity contribution in [3.05, 3.63) is 0 Å². The summed E-state index contributed by atoms with van der Waals surface area (Å²) in [6.07, 6.45) is 4.10. The van der Waals surface area contributed by atoms with Gasteiger partial charge in [-0.25, -0.2) is 0 Å². The monoisotopic (exact) mass is 184 g/mol. The number of hydrogen-bond donors (Lipinski definition) is 1. The van der Waals surface area contributed by atoms with E-state index in [0.29, 0.717) is 6.04 Å². The highest BCUT2D eigenvalue weighted by Gasteiger charge is 2.19. The maximum atomic E-state index is 7.82. The SMILES string of the molecule is CCCC(=N)N(C)C1CCOCC1. The van der Waals surface area contributed by atoms with Crippen LogP contribution < -0.4 is 0 Å². The molecule has 1 rings (SSSR count). The van der Waals surface area contributed by atoms with Crippen LogP contribution in [0, 0.1) is 5.41 Å². The molecule has 0 amide bonds. The molecule has 3 nitrogen and oxygen atoms in total. The van der Waals surface area contributed by atoms with Gasteiger partial charge in [0.2, 0.25) is 0 Å². The first-order valence-corrected chi connectivity index (χ1v) is 5.13.